The molecular formula is C23H21BrClN3O. The third kappa shape index (κ3) is 4.53. The molecule has 2 heterocycles. The van der Waals surface area contributed by atoms with E-state index in [0.717, 1.165) is 17.6 Å². The van der Waals surface area contributed by atoms with E-state index >= 15 is 0 Å². The first-order chi connectivity index (χ1) is 14.1. The maximum atomic E-state index is 12.9. The van der Waals surface area contributed by atoms with Crippen molar-refractivity contribution in [2.45, 2.75) is 6.04 Å². The number of pyridine rings is 1. The van der Waals surface area contributed by atoms with Crippen molar-refractivity contribution < 1.29 is 4.79 Å². The van der Waals surface area contributed by atoms with Crippen LogP contribution in [0.2, 0.25) is 5.15 Å². The van der Waals surface area contributed by atoms with E-state index in [1.165, 1.54) is 11.1 Å². The van der Waals surface area contributed by atoms with E-state index in [1.807, 2.05) is 11.0 Å². The Hall–Kier alpha value is -2.21. The molecule has 1 fully saturated rings. The minimum Gasteiger partial charge on any atom is -0.336 e. The number of rotatable bonds is 4. The lowest BCUT2D eigenvalue weighted by Crippen LogP contribution is -2.50. The van der Waals surface area contributed by atoms with Crippen LogP contribution in [0, 0.1) is 0 Å². The van der Waals surface area contributed by atoms with Crippen molar-refractivity contribution in [2.24, 2.45) is 0 Å². The van der Waals surface area contributed by atoms with E-state index in [9.17, 15) is 4.79 Å². The van der Waals surface area contributed by atoms with Gasteiger partial charge in [-0.3, -0.25) is 9.69 Å². The van der Waals surface area contributed by atoms with Crippen molar-refractivity contribution >= 4 is 33.4 Å². The first kappa shape index (κ1) is 20.1. The third-order valence-electron chi connectivity index (χ3n) is 5.26. The number of benzene rings is 2. The molecule has 4 nitrogen and oxygen atoms in total. The number of nitrogens with zero attached hydrogens (tertiary/aromatic N) is 3. The van der Waals surface area contributed by atoms with Crippen LogP contribution in [-0.4, -0.2) is 46.9 Å². The predicted octanol–water partition coefficient (Wildman–Crippen LogP) is 5.04. The van der Waals surface area contributed by atoms with Gasteiger partial charge in [-0.25, -0.2) is 4.98 Å². The SMILES string of the molecule is O=C(c1cccnc1Cl)N1CCN([C@H](c2ccccc2)c2ccc(Br)cc2)CC1. The van der Waals surface area contributed by atoms with Crippen molar-refractivity contribution in [3.63, 3.8) is 0 Å². The van der Waals surface area contributed by atoms with Gasteiger partial charge in [-0.05, 0) is 35.4 Å². The zero-order chi connectivity index (χ0) is 20.2. The largest absolute Gasteiger partial charge is 0.336 e. The Morgan fingerprint density at radius 3 is 2.21 bits per heavy atom. The van der Waals surface area contributed by atoms with Gasteiger partial charge in [0.15, 0.2) is 0 Å². The first-order valence-electron chi connectivity index (χ1n) is 9.58. The van der Waals surface area contributed by atoms with Crippen molar-refractivity contribution in [3.05, 3.63) is 99.2 Å². The van der Waals surface area contributed by atoms with Crippen molar-refractivity contribution in [1.29, 1.82) is 0 Å². The molecule has 6 heteroatoms. The second-order valence-electron chi connectivity index (χ2n) is 7.03. The first-order valence-corrected chi connectivity index (χ1v) is 10.7. The van der Waals surface area contributed by atoms with Gasteiger partial charge < -0.3 is 4.90 Å². The molecule has 1 saturated heterocycles. The average Bonchev–Trinajstić information content (AvgIpc) is 2.76. The summed E-state index contributed by atoms with van der Waals surface area (Å²) in [4.78, 5) is 21.2. The summed E-state index contributed by atoms with van der Waals surface area (Å²) in [6.07, 6.45) is 1.60. The van der Waals surface area contributed by atoms with E-state index in [0.29, 0.717) is 18.7 Å². The van der Waals surface area contributed by atoms with Crippen LogP contribution in [0.5, 0.6) is 0 Å². The molecular weight excluding hydrogens is 450 g/mol. The molecule has 0 saturated carbocycles. The highest BCUT2D eigenvalue weighted by molar-refractivity contribution is 9.10. The molecule has 4 rings (SSSR count). The standard InChI is InChI=1S/C23H21BrClN3O/c24-19-10-8-18(9-11-19)21(17-5-2-1-3-6-17)27-13-15-28(16-14-27)23(29)20-7-4-12-26-22(20)25/h1-12,21H,13-16H2/t21-/m1/s1. The second-order valence-corrected chi connectivity index (χ2v) is 8.31. The zero-order valence-electron chi connectivity index (χ0n) is 15.8. The smallest absolute Gasteiger partial charge is 0.257 e. The molecule has 148 valence electrons. The Morgan fingerprint density at radius 2 is 1.55 bits per heavy atom. The zero-order valence-corrected chi connectivity index (χ0v) is 18.2. The van der Waals surface area contributed by atoms with Crippen LogP contribution in [0.3, 0.4) is 0 Å². The van der Waals surface area contributed by atoms with Crippen LogP contribution in [-0.2, 0) is 0 Å². The van der Waals surface area contributed by atoms with Gasteiger partial charge in [0.2, 0.25) is 0 Å². The van der Waals surface area contributed by atoms with Gasteiger partial charge in [-0.2, -0.15) is 0 Å². The van der Waals surface area contributed by atoms with Crippen molar-refractivity contribution in [2.75, 3.05) is 26.2 Å². The molecule has 1 atom stereocenters. The number of hydrogen-bond donors (Lipinski definition) is 0. The molecule has 0 bridgehead atoms. The summed E-state index contributed by atoms with van der Waals surface area (Å²) >= 11 is 9.64. The highest BCUT2D eigenvalue weighted by Crippen LogP contribution is 2.30. The van der Waals surface area contributed by atoms with Gasteiger partial charge in [0.25, 0.3) is 5.91 Å². The Kier molecular flexibility index (Phi) is 6.28. The predicted molar refractivity (Wildman–Crippen MR) is 119 cm³/mol. The Balaban J connectivity index is 1.53. The van der Waals surface area contributed by atoms with E-state index in [2.05, 4.69) is 74.3 Å². The summed E-state index contributed by atoms with van der Waals surface area (Å²) in [5.41, 5.74) is 2.97. The van der Waals surface area contributed by atoms with Crippen molar-refractivity contribution in [3.8, 4) is 0 Å². The molecule has 1 aliphatic heterocycles. The Labute approximate surface area is 184 Å². The molecule has 0 radical (unpaired) electrons. The fraction of sp³-hybridized carbons (Fsp3) is 0.217. The summed E-state index contributed by atoms with van der Waals surface area (Å²) < 4.78 is 1.07. The lowest BCUT2D eigenvalue weighted by atomic mass is 9.96. The maximum Gasteiger partial charge on any atom is 0.257 e. The normalized spacial score (nSPS) is 15.9. The molecule has 0 N–H and O–H groups in total. The molecule has 0 aliphatic carbocycles. The number of carbonyl (C=O) groups is 1. The minimum atomic E-state index is -0.0531. The second kappa shape index (κ2) is 9.08. The van der Waals surface area contributed by atoms with Gasteiger partial charge in [0.05, 0.1) is 11.6 Å². The Bertz CT molecular complexity index is 973. The molecule has 1 amide bonds. The minimum absolute atomic E-state index is 0.0531. The van der Waals surface area contributed by atoms with E-state index in [-0.39, 0.29) is 17.1 Å². The van der Waals surface area contributed by atoms with Gasteiger partial charge in [-0.1, -0.05) is 70.0 Å². The quantitative estimate of drug-likeness (QED) is 0.501. The van der Waals surface area contributed by atoms with Crippen LogP contribution >= 0.6 is 27.5 Å². The van der Waals surface area contributed by atoms with Crippen LogP contribution in [0.15, 0.2) is 77.4 Å². The molecule has 0 spiro atoms. The van der Waals surface area contributed by atoms with Crippen molar-refractivity contribution in [1.82, 2.24) is 14.8 Å². The average molecular weight is 471 g/mol. The van der Waals surface area contributed by atoms with Gasteiger partial charge in [-0.15, -0.1) is 0 Å². The fourth-order valence-electron chi connectivity index (χ4n) is 3.79. The summed E-state index contributed by atoms with van der Waals surface area (Å²) in [6, 6.07) is 22.6. The Morgan fingerprint density at radius 1 is 0.897 bits per heavy atom. The van der Waals surface area contributed by atoms with Crippen LogP contribution in [0.25, 0.3) is 0 Å². The molecule has 1 aliphatic rings. The van der Waals surface area contributed by atoms with E-state index < -0.39 is 0 Å². The molecule has 0 unspecified atom stereocenters. The maximum absolute atomic E-state index is 12.9. The lowest BCUT2D eigenvalue weighted by Gasteiger charge is -2.39. The molecule has 2 aromatic carbocycles. The number of hydrogen-bond acceptors (Lipinski definition) is 3. The highest BCUT2D eigenvalue weighted by atomic mass is 79.9. The monoisotopic (exact) mass is 469 g/mol. The van der Waals surface area contributed by atoms with Gasteiger partial charge in [0, 0.05) is 36.8 Å². The number of piperazine rings is 1. The lowest BCUT2D eigenvalue weighted by molar-refractivity contribution is 0.0597. The summed E-state index contributed by atoms with van der Waals surface area (Å²) in [5, 5.41) is 0.261. The fourth-order valence-corrected chi connectivity index (χ4v) is 4.26. The number of carbonyl (C=O) groups excluding carboxylic acids is 1. The third-order valence-corrected chi connectivity index (χ3v) is 6.09. The summed E-state index contributed by atoms with van der Waals surface area (Å²) in [5.74, 6) is -0.0531. The molecule has 1 aromatic heterocycles. The molecule has 3 aromatic rings. The number of halogens is 2. The number of amides is 1. The van der Waals surface area contributed by atoms with Crippen LogP contribution in [0.1, 0.15) is 27.5 Å². The van der Waals surface area contributed by atoms with E-state index in [4.69, 9.17) is 11.6 Å². The summed E-state index contributed by atoms with van der Waals surface area (Å²) in [6.45, 7) is 2.90. The molecule has 29 heavy (non-hydrogen) atoms. The van der Waals surface area contributed by atoms with Crippen LogP contribution in [0.4, 0.5) is 0 Å². The van der Waals surface area contributed by atoms with E-state index in [1.54, 1.807) is 18.3 Å². The highest BCUT2D eigenvalue weighted by Gasteiger charge is 2.29. The van der Waals surface area contributed by atoms with Gasteiger partial charge >= 0.3 is 0 Å². The topological polar surface area (TPSA) is 36.4 Å². The van der Waals surface area contributed by atoms with Gasteiger partial charge in [0.1, 0.15) is 5.15 Å². The summed E-state index contributed by atoms with van der Waals surface area (Å²) in [7, 11) is 0. The van der Waals surface area contributed by atoms with Crippen LogP contribution < -0.4 is 0 Å². The number of aromatic nitrogens is 1.